The van der Waals surface area contributed by atoms with Crippen molar-refractivity contribution in [2.75, 3.05) is 0 Å². The van der Waals surface area contributed by atoms with Crippen LogP contribution in [0.25, 0.3) is 0 Å². The van der Waals surface area contributed by atoms with Crippen molar-refractivity contribution in [1.29, 1.82) is 0 Å². The SMILES string of the molecule is CC(C)(C)C(=O)O.CC(C)(C)C(=O)O.CC(C)(C)C(=O)O.[Eu]. The first kappa shape index (κ1) is 29.9. The van der Waals surface area contributed by atoms with Gasteiger partial charge in [0.15, 0.2) is 0 Å². The monoisotopic (exact) mass is 459 g/mol. The predicted octanol–water partition coefficient (Wildman–Crippen LogP) is 3.35. The molecule has 22 heavy (non-hydrogen) atoms. The number of hydrogen-bond acceptors (Lipinski definition) is 3. The topological polar surface area (TPSA) is 112 Å². The van der Waals surface area contributed by atoms with Gasteiger partial charge in [-0.2, -0.15) is 0 Å². The van der Waals surface area contributed by atoms with Crippen LogP contribution in [-0.4, -0.2) is 33.2 Å². The van der Waals surface area contributed by atoms with Gasteiger partial charge in [-0.1, -0.05) is 0 Å². The van der Waals surface area contributed by atoms with Gasteiger partial charge in [-0.15, -0.1) is 0 Å². The fourth-order valence-electron chi connectivity index (χ4n) is 0. The number of hydrogen-bond donors (Lipinski definition) is 3. The number of carboxylic acid groups (broad SMARTS) is 3. The maximum absolute atomic E-state index is 10.0. The van der Waals surface area contributed by atoms with Crippen molar-refractivity contribution in [3.63, 3.8) is 0 Å². The standard InChI is InChI=1S/3C5H10O2.Eu/c3*1-5(2,3)4(6)7;/h3*1-3H3,(H,6,7);. The predicted molar refractivity (Wildman–Crippen MR) is 81.3 cm³/mol. The zero-order chi connectivity index (χ0) is 18.2. The molecule has 0 aliphatic rings. The van der Waals surface area contributed by atoms with E-state index in [9.17, 15) is 14.4 Å². The van der Waals surface area contributed by atoms with Crippen LogP contribution in [0.2, 0.25) is 0 Å². The van der Waals surface area contributed by atoms with Crippen molar-refractivity contribution in [1.82, 2.24) is 0 Å². The molecule has 0 bridgehead atoms. The van der Waals surface area contributed by atoms with Gasteiger partial charge in [0.25, 0.3) is 0 Å². The molecule has 0 rings (SSSR count). The minimum absolute atomic E-state index is 0. The van der Waals surface area contributed by atoms with E-state index in [-0.39, 0.29) is 49.4 Å². The van der Waals surface area contributed by atoms with Crippen molar-refractivity contribution in [2.24, 2.45) is 16.2 Å². The van der Waals surface area contributed by atoms with Crippen LogP contribution < -0.4 is 0 Å². The molecular weight excluding hydrogens is 428 g/mol. The van der Waals surface area contributed by atoms with Crippen molar-refractivity contribution in [3.05, 3.63) is 0 Å². The van der Waals surface area contributed by atoms with E-state index in [2.05, 4.69) is 0 Å². The minimum Gasteiger partial charge on any atom is -0.481 e. The quantitative estimate of drug-likeness (QED) is 0.513. The largest absolute Gasteiger partial charge is 0.481 e. The molecule has 7 heteroatoms. The van der Waals surface area contributed by atoms with Crippen LogP contribution in [0.1, 0.15) is 62.3 Å². The average Bonchev–Trinajstić information content (AvgIpc) is 2.14. The van der Waals surface area contributed by atoms with E-state index >= 15 is 0 Å². The van der Waals surface area contributed by atoms with E-state index in [4.69, 9.17) is 15.3 Å². The molecule has 1 radical (unpaired) electrons. The molecule has 3 N–H and O–H groups in total. The van der Waals surface area contributed by atoms with Gasteiger partial charge in [-0.05, 0) is 62.3 Å². The first-order valence-corrected chi connectivity index (χ1v) is 6.53. The third kappa shape index (κ3) is 22.3. The Morgan fingerprint density at radius 2 is 0.545 bits per heavy atom. The first-order valence-electron chi connectivity index (χ1n) is 6.53. The van der Waals surface area contributed by atoms with Crippen molar-refractivity contribution < 1.29 is 79.1 Å². The summed E-state index contributed by atoms with van der Waals surface area (Å²) in [4.78, 5) is 30.1. The van der Waals surface area contributed by atoms with Crippen molar-refractivity contribution in [2.45, 2.75) is 62.3 Å². The number of rotatable bonds is 0. The molecule has 0 atom stereocenters. The van der Waals surface area contributed by atoms with Gasteiger partial charge in [0.2, 0.25) is 0 Å². The van der Waals surface area contributed by atoms with E-state index in [0.29, 0.717) is 0 Å². The Kier molecular flexibility index (Phi) is 15.7. The summed E-state index contributed by atoms with van der Waals surface area (Å²) in [5.74, 6) is -2.27. The second-order valence-electron chi connectivity index (χ2n) is 7.67. The Bertz CT molecular complexity index is 299. The molecule has 0 heterocycles. The molecule has 6 nitrogen and oxygen atoms in total. The molecule has 0 aliphatic heterocycles. The van der Waals surface area contributed by atoms with E-state index in [1.807, 2.05) is 0 Å². The molecule has 0 fully saturated rings. The average molecular weight is 458 g/mol. The van der Waals surface area contributed by atoms with Gasteiger partial charge < -0.3 is 15.3 Å². The van der Waals surface area contributed by atoms with Gasteiger partial charge in [0, 0.05) is 49.4 Å². The first-order chi connectivity index (χ1) is 8.83. The van der Waals surface area contributed by atoms with E-state index < -0.39 is 34.2 Å². The zero-order valence-corrected chi connectivity index (χ0v) is 17.4. The Morgan fingerprint density at radius 3 is 0.545 bits per heavy atom. The summed E-state index contributed by atoms with van der Waals surface area (Å²) in [6.07, 6.45) is 0. The van der Waals surface area contributed by atoms with Crippen molar-refractivity contribution in [3.8, 4) is 0 Å². The van der Waals surface area contributed by atoms with Crippen LogP contribution >= 0.6 is 0 Å². The van der Waals surface area contributed by atoms with E-state index in [1.54, 1.807) is 62.3 Å². The molecular formula is C15H30EuO6. The van der Waals surface area contributed by atoms with Crippen LogP contribution in [0.5, 0.6) is 0 Å². The van der Waals surface area contributed by atoms with Gasteiger partial charge >= 0.3 is 17.9 Å². The maximum atomic E-state index is 10.0. The molecule has 0 aromatic heterocycles. The second kappa shape index (κ2) is 11.5. The number of carbonyl (C=O) groups is 3. The smallest absolute Gasteiger partial charge is 0.308 e. The van der Waals surface area contributed by atoms with Gasteiger partial charge in [-0.3, -0.25) is 14.4 Å². The second-order valence-corrected chi connectivity index (χ2v) is 7.67. The van der Waals surface area contributed by atoms with Crippen LogP contribution in [0.4, 0.5) is 0 Å². The van der Waals surface area contributed by atoms with E-state index in [1.165, 1.54) is 0 Å². The third-order valence-electron chi connectivity index (χ3n) is 1.92. The molecule has 0 saturated carbocycles. The summed E-state index contributed by atoms with van der Waals surface area (Å²) >= 11 is 0. The Hall–Kier alpha value is -0.00558. The molecule has 0 unspecified atom stereocenters. The molecule has 0 aliphatic carbocycles. The number of aliphatic carboxylic acids is 3. The fourth-order valence-corrected chi connectivity index (χ4v) is 0. The third-order valence-corrected chi connectivity index (χ3v) is 1.92. The summed E-state index contributed by atoms with van der Waals surface area (Å²) in [6.45, 7) is 15.0. The van der Waals surface area contributed by atoms with Gasteiger partial charge in [0.05, 0.1) is 16.2 Å². The zero-order valence-electron chi connectivity index (χ0n) is 14.9. The summed E-state index contributed by atoms with van der Waals surface area (Å²) in [5, 5.41) is 24.8. The number of carboxylic acids is 3. The summed E-state index contributed by atoms with van der Waals surface area (Å²) in [6, 6.07) is 0. The van der Waals surface area contributed by atoms with Gasteiger partial charge in [0.1, 0.15) is 0 Å². The molecule has 0 aromatic carbocycles. The van der Waals surface area contributed by atoms with E-state index in [0.717, 1.165) is 0 Å². The van der Waals surface area contributed by atoms with Crippen LogP contribution in [0, 0.1) is 65.6 Å². The van der Waals surface area contributed by atoms with Gasteiger partial charge in [-0.25, -0.2) is 0 Å². The van der Waals surface area contributed by atoms with Crippen LogP contribution in [0.15, 0.2) is 0 Å². The van der Waals surface area contributed by atoms with Crippen molar-refractivity contribution >= 4 is 17.9 Å². The molecule has 0 spiro atoms. The van der Waals surface area contributed by atoms with Crippen LogP contribution in [-0.2, 0) is 14.4 Å². The molecule has 0 aromatic rings. The maximum Gasteiger partial charge on any atom is 0.308 e. The summed E-state index contributed by atoms with van der Waals surface area (Å²) in [5.41, 5.74) is -1.75. The Labute approximate surface area is 174 Å². The molecule has 133 valence electrons. The Balaban J connectivity index is -0.000000108. The van der Waals surface area contributed by atoms with Crippen LogP contribution in [0.3, 0.4) is 0 Å². The normalized spacial score (nSPS) is 10.8. The summed E-state index contributed by atoms with van der Waals surface area (Å²) in [7, 11) is 0. The molecule has 0 saturated heterocycles. The Morgan fingerprint density at radius 1 is 0.500 bits per heavy atom. The minimum atomic E-state index is -0.757. The fraction of sp³-hybridized carbons (Fsp3) is 0.800. The molecule has 0 amide bonds. The summed E-state index contributed by atoms with van der Waals surface area (Å²) < 4.78 is 0.